The minimum atomic E-state index is 0.00268. The lowest BCUT2D eigenvalue weighted by molar-refractivity contribution is -0.117. The predicted molar refractivity (Wildman–Crippen MR) is 83.0 cm³/mol. The molecule has 0 aliphatic rings. The summed E-state index contributed by atoms with van der Waals surface area (Å²) >= 11 is 0. The number of carbonyl (C=O) groups is 1. The summed E-state index contributed by atoms with van der Waals surface area (Å²) in [4.78, 5) is 14.2. The average Bonchev–Trinajstić information content (AvgIpc) is 2.44. The number of anilines is 1. The monoisotopic (exact) mass is 278 g/mol. The minimum Gasteiger partial charge on any atom is -0.508 e. The molecule has 0 aliphatic carbocycles. The third kappa shape index (κ3) is 6.57. The molecule has 4 heteroatoms. The van der Waals surface area contributed by atoms with Gasteiger partial charge in [-0.2, -0.15) is 0 Å². The van der Waals surface area contributed by atoms with Gasteiger partial charge in [0.2, 0.25) is 5.91 Å². The van der Waals surface area contributed by atoms with E-state index in [1.54, 1.807) is 24.3 Å². The maximum absolute atomic E-state index is 12.0. The van der Waals surface area contributed by atoms with E-state index >= 15 is 0 Å². The maximum atomic E-state index is 12.0. The molecule has 1 aromatic rings. The Morgan fingerprint density at radius 2 is 1.65 bits per heavy atom. The van der Waals surface area contributed by atoms with E-state index in [-0.39, 0.29) is 11.7 Å². The number of hydrogen-bond donors (Lipinski definition) is 2. The van der Waals surface area contributed by atoms with Crippen LogP contribution in [0.25, 0.3) is 0 Å². The predicted octanol–water partition coefficient (Wildman–Crippen LogP) is 3.23. The Labute approximate surface area is 121 Å². The fraction of sp³-hybridized carbons (Fsp3) is 0.562. The summed E-state index contributed by atoms with van der Waals surface area (Å²) in [5.74, 6) is 0.207. The molecule has 0 unspecified atom stereocenters. The van der Waals surface area contributed by atoms with Gasteiger partial charge in [0.05, 0.1) is 6.54 Å². The molecule has 0 saturated carbocycles. The van der Waals surface area contributed by atoms with Gasteiger partial charge in [0, 0.05) is 5.69 Å². The summed E-state index contributed by atoms with van der Waals surface area (Å²) in [5.41, 5.74) is 0.721. The molecule has 4 nitrogen and oxygen atoms in total. The van der Waals surface area contributed by atoms with Gasteiger partial charge in [0.15, 0.2) is 0 Å². The van der Waals surface area contributed by atoms with Gasteiger partial charge in [-0.3, -0.25) is 9.69 Å². The molecule has 0 saturated heterocycles. The molecule has 1 amide bonds. The summed E-state index contributed by atoms with van der Waals surface area (Å²) in [5, 5.41) is 12.1. The summed E-state index contributed by atoms with van der Waals surface area (Å²) in [6, 6.07) is 6.55. The number of benzene rings is 1. The van der Waals surface area contributed by atoms with E-state index in [0.29, 0.717) is 6.54 Å². The van der Waals surface area contributed by atoms with Crippen molar-refractivity contribution in [2.45, 2.75) is 39.5 Å². The van der Waals surface area contributed by atoms with E-state index in [4.69, 9.17) is 0 Å². The Balaban J connectivity index is 2.45. The van der Waals surface area contributed by atoms with Gasteiger partial charge in [-0.05, 0) is 50.2 Å². The first-order valence-electron chi connectivity index (χ1n) is 7.47. The molecule has 0 fully saturated rings. The number of aromatic hydroxyl groups is 1. The molecule has 0 atom stereocenters. The van der Waals surface area contributed by atoms with Gasteiger partial charge in [-0.15, -0.1) is 0 Å². The number of amides is 1. The van der Waals surface area contributed by atoms with Crippen LogP contribution < -0.4 is 5.32 Å². The van der Waals surface area contributed by atoms with Gasteiger partial charge in [0.1, 0.15) is 5.75 Å². The third-order valence-corrected chi connectivity index (χ3v) is 3.17. The highest BCUT2D eigenvalue weighted by molar-refractivity contribution is 5.92. The van der Waals surface area contributed by atoms with Crippen LogP contribution in [-0.2, 0) is 4.79 Å². The number of nitrogens with one attached hydrogen (secondary N) is 1. The Morgan fingerprint density at radius 3 is 2.15 bits per heavy atom. The molecule has 2 N–H and O–H groups in total. The van der Waals surface area contributed by atoms with Crippen molar-refractivity contribution >= 4 is 11.6 Å². The fourth-order valence-electron chi connectivity index (χ4n) is 1.98. The van der Waals surface area contributed by atoms with Crippen LogP contribution in [-0.4, -0.2) is 35.5 Å². The number of phenols is 1. The first-order valence-corrected chi connectivity index (χ1v) is 7.47. The van der Waals surface area contributed by atoms with Crippen LogP contribution in [0.5, 0.6) is 5.75 Å². The van der Waals surface area contributed by atoms with E-state index in [1.165, 1.54) is 0 Å². The Morgan fingerprint density at radius 1 is 1.10 bits per heavy atom. The SMILES string of the molecule is CCCCN(CCCC)CC(=O)Nc1ccc(O)cc1. The smallest absolute Gasteiger partial charge is 0.238 e. The van der Waals surface area contributed by atoms with E-state index in [2.05, 4.69) is 24.1 Å². The van der Waals surface area contributed by atoms with E-state index in [9.17, 15) is 9.90 Å². The molecular weight excluding hydrogens is 252 g/mol. The molecule has 1 rings (SSSR count). The molecule has 0 aromatic heterocycles. The number of phenolic OH excluding ortho intramolecular Hbond substituents is 1. The first kappa shape index (κ1) is 16.5. The molecule has 0 radical (unpaired) electrons. The number of carbonyl (C=O) groups excluding carboxylic acids is 1. The zero-order valence-corrected chi connectivity index (χ0v) is 12.6. The zero-order chi connectivity index (χ0) is 14.8. The molecule has 1 aromatic carbocycles. The van der Waals surface area contributed by atoms with Crippen molar-refractivity contribution in [2.24, 2.45) is 0 Å². The van der Waals surface area contributed by atoms with Gasteiger partial charge < -0.3 is 10.4 Å². The molecule has 0 aliphatic heterocycles. The van der Waals surface area contributed by atoms with Crippen molar-refractivity contribution < 1.29 is 9.90 Å². The largest absolute Gasteiger partial charge is 0.508 e. The third-order valence-electron chi connectivity index (χ3n) is 3.17. The Kier molecular flexibility index (Phi) is 7.73. The molecule has 112 valence electrons. The van der Waals surface area contributed by atoms with Gasteiger partial charge in [-0.1, -0.05) is 26.7 Å². The van der Waals surface area contributed by atoms with Gasteiger partial charge in [-0.25, -0.2) is 0 Å². The van der Waals surface area contributed by atoms with Gasteiger partial charge in [0.25, 0.3) is 0 Å². The van der Waals surface area contributed by atoms with Crippen molar-refractivity contribution in [3.05, 3.63) is 24.3 Å². The Hall–Kier alpha value is -1.55. The van der Waals surface area contributed by atoms with E-state index in [0.717, 1.165) is 44.5 Å². The lowest BCUT2D eigenvalue weighted by Crippen LogP contribution is -2.34. The maximum Gasteiger partial charge on any atom is 0.238 e. The summed E-state index contributed by atoms with van der Waals surface area (Å²) < 4.78 is 0. The van der Waals surface area contributed by atoms with Crippen molar-refractivity contribution in [1.29, 1.82) is 0 Å². The molecule has 20 heavy (non-hydrogen) atoms. The second kappa shape index (κ2) is 9.37. The lowest BCUT2D eigenvalue weighted by atomic mass is 10.2. The highest BCUT2D eigenvalue weighted by atomic mass is 16.3. The van der Waals surface area contributed by atoms with E-state index in [1.807, 2.05) is 0 Å². The second-order valence-corrected chi connectivity index (χ2v) is 5.08. The number of rotatable bonds is 9. The fourth-order valence-corrected chi connectivity index (χ4v) is 1.98. The van der Waals surface area contributed by atoms with Crippen LogP contribution in [0.2, 0.25) is 0 Å². The zero-order valence-electron chi connectivity index (χ0n) is 12.6. The van der Waals surface area contributed by atoms with Crippen molar-refractivity contribution in [3.63, 3.8) is 0 Å². The average molecular weight is 278 g/mol. The Bertz CT molecular complexity index is 382. The molecule has 0 spiro atoms. The van der Waals surface area contributed by atoms with Crippen LogP contribution >= 0.6 is 0 Å². The summed E-state index contributed by atoms with van der Waals surface area (Å²) in [6.07, 6.45) is 4.52. The normalized spacial score (nSPS) is 10.8. The standard InChI is InChI=1S/C16H26N2O2/c1-3-5-11-18(12-6-4-2)13-16(20)17-14-7-9-15(19)10-8-14/h7-10,19H,3-6,11-13H2,1-2H3,(H,17,20). The lowest BCUT2D eigenvalue weighted by Gasteiger charge is -2.21. The van der Waals surface area contributed by atoms with Crippen molar-refractivity contribution in [1.82, 2.24) is 4.90 Å². The van der Waals surface area contributed by atoms with Crippen molar-refractivity contribution in [3.8, 4) is 5.75 Å². The quantitative estimate of drug-likeness (QED) is 0.682. The molecule has 0 heterocycles. The molecular formula is C16H26N2O2. The number of nitrogens with zero attached hydrogens (tertiary/aromatic N) is 1. The summed E-state index contributed by atoms with van der Waals surface area (Å²) in [6.45, 7) is 6.70. The van der Waals surface area contributed by atoms with Crippen molar-refractivity contribution in [2.75, 3.05) is 25.0 Å². The van der Waals surface area contributed by atoms with Gasteiger partial charge >= 0.3 is 0 Å². The minimum absolute atomic E-state index is 0.00268. The van der Waals surface area contributed by atoms with Crippen LogP contribution in [0.4, 0.5) is 5.69 Å². The van der Waals surface area contributed by atoms with Crippen LogP contribution in [0.1, 0.15) is 39.5 Å². The van der Waals surface area contributed by atoms with Crippen LogP contribution in [0.15, 0.2) is 24.3 Å². The second-order valence-electron chi connectivity index (χ2n) is 5.08. The highest BCUT2D eigenvalue weighted by Gasteiger charge is 2.10. The number of unbranched alkanes of at least 4 members (excludes halogenated alkanes) is 2. The van der Waals surface area contributed by atoms with Crippen LogP contribution in [0, 0.1) is 0 Å². The number of hydrogen-bond acceptors (Lipinski definition) is 3. The van der Waals surface area contributed by atoms with Crippen LogP contribution in [0.3, 0.4) is 0 Å². The summed E-state index contributed by atoms with van der Waals surface area (Å²) in [7, 11) is 0. The molecule has 0 bridgehead atoms. The highest BCUT2D eigenvalue weighted by Crippen LogP contribution is 2.13. The topological polar surface area (TPSA) is 52.6 Å². The first-order chi connectivity index (χ1) is 9.65. The van der Waals surface area contributed by atoms with E-state index < -0.39 is 0 Å².